The highest BCUT2D eigenvalue weighted by molar-refractivity contribution is 5.71. The van der Waals surface area contributed by atoms with Crippen molar-refractivity contribution in [2.45, 2.75) is 76.9 Å². The summed E-state index contributed by atoms with van der Waals surface area (Å²) >= 11 is 0. The normalized spacial score (nSPS) is 23.7. The number of rotatable bonds is 11. The van der Waals surface area contributed by atoms with Crippen LogP contribution < -0.4 is 0 Å². The summed E-state index contributed by atoms with van der Waals surface area (Å²) < 4.78 is 5.54. The molecule has 1 saturated heterocycles. The quantitative estimate of drug-likeness (QED) is 0.211. The van der Waals surface area contributed by atoms with Crippen molar-refractivity contribution in [2.75, 3.05) is 26.2 Å². The van der Waals surface area contributed by atoms with E-state index < -0.39 is 17.0 Å². The number of amides is 1. The zero-order valence-corrected chi connectivity index (χ0v) is 22.9. The number of ether oxygens (including phenoxy) is 1. The van der Waals surface area contributed by atoms with Crippen LogP contribution in [0, 0.1) is 33.8 Å². The number of non-ortho nitro benzene ring substituents is 1. The van der Waals surface area contributed by atoms with E-state index in [0.717, 1.165) is 64.6 Å². The van der Waals surface area contributed by atoms with Crippen LogP contribution >= 0.6 is 0 Å². The van der Waals surface area contributed by atoms with Gasteiger partial charge in [-0.2, -0.15) is 0 Å². The third-order valence-electron chi connectivity index (χ3n) is 9.12. The van der Waals surface area contributed by atoms with E-state index in [2.05, 4.69) is 11.5 Å². The number of hydrogen-bond acceptors (Lipinski definition) is 6. The van der Waals surface area contributed by atoms with E-state index in [1.807, 2.05) is 0 Å². The molecule has 1 aliphatic heterocycles. The van der Waals surface area contributed by atoms with E-state index in [-0.39, 0.29) is 24.3 Å². The number of piperidine rings is 1. The van der Waals surface area contributed by atoms with Crippen LogP contribution in [0.3, 0.4) is 0 Å². The molecule has 2 saturated carbocycles. The zero-order valence-electron chi connectivity index (χ0n) is 22.9. The monoisotopic (exact) mass is 541 g/mol. The van der Waals surface area contributed by atoms with E-state index >= 15 is 0 Å². The lowest BCUT2D eigenvalue weighted by molar-refractivity contribution is -0.384. The van der Waals surface area contributed by atoms with Crippen molar-refractivity contribution in [2.24, 2.45) is 23.7 Å². The van der Waals surface area contributed by atoms with Gasteiger partial charge in [0.15, 0.2) is 0 Å². The minimum absolute atomic E-state index is 0.00386. The maximum atomic E-state index is 12.9. The number of benzene rings is 1. The molecule has 9 nitrogen and oxygen atoms in total. The first-order valence-corrected chi connectivity index (χ1v) is 14.6. The lowest BCUT2D eigenvalue weighted by Crippen LogP contribution is -2.48. The molecule has 1 heterocycles. The fourth-order valence-corrected chi connectivity index (χ4v) is 7.12. The number of hydrogen-bond donors (Lipinski definition) is 1. The summed E-state index contributed by atoms with van der Waals surface area (Å²) in [6.45, 7) is 7.09. The molecule has 0 bridgehead atoms. The molecule has 3 atom stereocenters. The van der Waals surface area contributed by atoms with Gasteiger partial charge in [0.2, 0.25) is 0 Å². The summed E-state index contributed by atoms with van der Waals surface area (Å²) in [6.07, 6.45) is 11.9. The van der Waals surface area contributed by atoms with Crippen molar-refractivity contribution >= 4 is 17.7 Å². The summed E-state index contributed by atoms with van der Waals surface area (Å²) in [6, 6.07) is 6.09. The molecule has 0 radical (unpaired) electrons. The lowest BCUT2D eigenvalue weighted by Gasteiger charge is -2.38. The predicted octanol–water partition coefficient (Wildman–Crippen LogP) is 5.88. The Morgan fingerprint density at radius 1 is 1.08 bits per heavy atom. The molecule has 0 aromatic heterocycles. The Kier molecular flexibility index (Phi) is 10.4. The summed E-state index contributed by atoms with van der Waals surface area (Å²) in [5, 5.41) is 20.9. The van der Waals surface area contributed by atoms with E-state index in [4.69, 9.17) is 4.74 Å². The van der Waals surface area contributed by atoms with Crippen LogP contribution in [0.5, 0.6) is 0 Å². The molecule has 3 fully saturated rings. The topological polar surface area (TPSA) is 113 Å². The maximum Gasteiger partial charge on any atom is 0.410 e. The van der Waals surface area contributed by atoms with Gasteiger partial charge in [0.05, 0.1) is 10.8 Å². The van der Waals surface area contributed by atoms with Crippen LogP contribution in [0.2, 0.25) is 0 Å². The molecule has 1 N–H and O–H groups in total. The van der Waals surface area contributed by atoms with Crippen LogP contribution in [0.1, 0.15) is 69.8 Å². The van der Waals surface area contributed by atoms with E-state index in [1.54, 1.807) is 23.1 Å². The molecule has 1 amide bonds. The Morgan fingerprint density at radius 3 is 2.38 bits per heavy atom. The summed E-state index contributed by atoms with van der Waals surface area (Å²) in [5.74, 6) is 0.447. The average molecular weight is 542 g/mol. The van der Waals surface area contributed by atoms with Gasteiger partial charge in [-0.15, -0.1) is 6.58 Å². The Hall–Kier alpha value is -2.94. The molecule has 3 aliphatic rings. The number of carbonyl (C=O) groups excluding carboxylic acids is 1. The first-order chi connectivity index (χ1) is 18.9. The second-order valence-electron chi connectivity index (χ2n) is 11.7. The molecule has 9 heteroatoms. The van der Waals surface area contributed by atoms with Gasteiger partial charge in [-0.25, -0.2) is 4.79 Å². The molecule has 0 spiro atoms. The first-order valence-electron chi connectivity index (χ1n) is 14.6. The van der Waals surface area contributed by atoms with Crippen molar-refractivity contribution < 1.29 is 24.4 Å². The number of nitro benzene ring substituents is 1. The van der Waals surface area contributed by atoms with Gasteiger partial charge < -0.3 is 19.6 Å². The Labute approximate surface area is 231 Å². The number of aliphatic carboxylic acids is 1. The second kappa shape index (κ2) is 13.9. The fraction of sp³-hybridized carbons (Fsp3) is 0.667. The fourth-order valence-electron chi connectivity index (χ4n) is 7.12. The molecule has 39 heavy (non-hydrogen) atoms. The maximum absolute atomic E-state index is 12.9. The van der Waals surface area contributed by atoms with Crippen molar-refractivity contribution in [1.29, 1.82) is 0 Å². The van der Waals surface area contributed by atoms with Crippen LogP contribution in [0.25, 0.3) is 0 Å². The van der Waals surface area contributed by atoms with Gasteiger partial charge in [0.25, 0.3) is 5.69 Å². The number of nitro groups is 1. The molecule has 4 rings (SSSR count). The molecular formula is C30H43N3O6. The highest BCUT2D eigenvalue weighted by atomic mass is 16.6. The van der Waals surface area contributed by atoms with Crippen molar-refractivity contribution in [3.8, 4) is 0 Å². The number of carbonyl (C=O) groups is 2. The van der Waals surface area contributed by atoms with Crippen LogP contribution in [0.15, 0.2) is 36.9 Å². The third kappa shape index (κ3) is 7.81. The van der Waals surface area contributed by atoms with E-state index in [9.17, 15) is 24.8 Å². The number of carboxylic acids is 1. The van der Waals surface area contributed by atoms with Gasteiger partial charge in [-0.3, -0.25) is 14.9 Å². The molecule has 2 aliphatic carbocycles. The van der Waals surface area contributed by atoms with Crippen LogP contribution in [-0.2, 0) is 16.1 Å². The third-order valence-corrected chi connectivity index (χ3v) is 9.12. The minimum atomic E-state index is -0.587. The van der Waals surface area contributed by atoms with Crippen LogP contribution in [-0.4, -0.2) is 64.1 Å². The van der Waals surface area contributed by atoms with Gasteiger partial charge >= 0.3 is 12.1 Å². The zero-order chi connectivity index (χ0) is 27.8. The molecule has 1 aromatic rings. The molecule has 2 unspecified atom stereocenters. The summed E-state index contributed by atoms with van der Waals surface area (Å²) in [5.41, 5.74) is 0.704. The van der Waals surface area contributed by atoms with Gasteiger partial charge in [0, 0.05) is 44.4 Å². The SMILES string of the molecule is C=CCN(C(=O)OCc1ccc([N+](=O)[O-])cc1)C1CCN(C[C@@H]2CCC(C(C(=O)O)C3CCCCC3)C2)CC1. The van der Waals surface area contributed by atoms with Gasteiger partial charge in [-0.1, -0.05) is 25.3 Å². The van der Waals surface area contributed by atoms with Crippen molar-refractivity contribution in [3.05, 3.63) is 52.6 Å². The number of likely N-dealkylation sites (tertiary alicyclic amines) is 1. The van der Waals surface area contributed by atoms with Crippen LogP contribution in [0.4, 0.5) is 10.5 Å². The predicted molar refractivity (Wildman–Crippen MR) is 148 cm³/mol. The standard InChI is InChI=1S/C30H43N3O6/c1-2-16-32(30(36)39-21-22-9-12-27(13-10-22)33(37)38)26-14-17-31(18-15-26)20-23-8-11-25(19-23)28(29(34)35)24-6-4-3-5-7-24/h2,9-10,12-13,23-26,28H,1,3-8,11,14-21H2,(H,34,35)/t23-,25?,28?/m1/s1. The number of carboxylic acid groups (broad SMARTS) is 1. The smallest absolute Gasteiger partial charge is 0.410 e. The van der Waals surface area contributed by atoms with E-state index in [1.165, 1.54) is 31.4 Å². The van der Waals surface area contributed by atoms with E-state index in [0.29, 0.717) is 29.9 Å². The largest absolute Gasteiger partial charge is 0.481 e. The highest BCUT2D eigenvalue weighted by Gasteiger charge is 2.40. The van der Waals surface area contributed by atoms with Gasteiger partial charge in [-0.05, 0) is 80.4 Å². The average Bonchev–Trinajstić information content (AvgIpc) is 3.39. The van der Waals surface area contributed by atoms with Gasteiger partial charge in [0.1, 0.15) is 6.61 Å². The van der Waals surface area contributed by atoms with Crippen molar-refractivity contribution in [1.82, 2.24) is 9.80 Å². The Morgan fingerprint density at radius 2 is 1.77 bits per heavy atom. The lowest BCUT2D eigenvalue weighted by atomic mass is 9.73. The Bertz CT molecular complexity index is 985. The molecular weight excluding hydrogens is 498 g/mol. The second-order valence-corrected chi connectivity index (χ2v) is 11.7. The first kappa shape index (κ1) is 29.1. The molecule has 1 aromatic carbocycles. The highest BCUT2D eigenvalue weighted by Crippen LogP contribution is 2.43. The summed E-state index contributed by atoms with van der Waals surface area (Å²) in [7, 11) is 0. The summed E-state index contributed by atoms with van der Waals surface area (Å²) in [4.78, 5) is 39.7. The van der Waals surface area contributed by atoms with Crippen molar-refractivity contribution in [3.63, 3.8) is 0 Å². The molecule has 214 valence electrons. The Balaban J connectivity index is 1.23. The minimum Gasteiger partial charge on any atom is -0.481 e. The number of nitrogens with zero attached hydrogens (tertiary/aromatic N) is 3.